The minimum Gasteiger partial charge on any atom is -0.450 e. The van der Waals surface area contributed by atoms with Crippen LogP contribution in [0.3, 0.4) is 0 Å². The van der Waals surface area contributed by atoms with Crippen LogP contribution in [0.15, 0.2) is 71.4 Å². The van der Waals surface area contributed by atoms with Crippen LogP contribution in [0.25, 0.3) is 22.4 Å². The summed E-state index contributed by atoms with van der Waals surface area (Å²) in [5.74, 6) is 1.32. The second-order valence-corrected chi connectivity index (χ2v) is 8.74. The molecule has 4 aromatic rings. The zero-order chi connectivity index (χ0) is 23.3. The summed E-state index contributed by atoms with van der Waals surface area (Å²) in [7, 11) is 0. The van der Waals surface area contributed by atoms with Gasteiger partial charge in [-0.05, 0) is 17.7 Å². The quantitative estimate of drug-likeness (QED) is 0.411. The van der Waals surface area contributed by atoms with Gasteiger partial charge in [-0.15, -0.1) is 0 Å². The van der Waals surface area contributed by atoms with Gasteiger partial charge < -0.3 is 19.7 Å². The third-order valence-corrected chi connectivity index (χ3v) is 6.56. The Morgan fingerprint density at radius 1 is 0.971 bits per heavy atom. The number of aliphatic hydroxyl groups is 1. The minimum absolute atomic E-state index is 0.0575. The smallest absolute Gasteiger partial charge is 0.195 e. The first-order chi connectivity index (χ1) is 16.7. The van der Waals surface area contributed by atoms with Crippen molar-refractivity contribution in [1.29, 1.82) is 0 Å². The van der Waals surface area contributed by atoms with Gasteiger partial charge in [0.05, 0.1) is 12.6 Å². The number of hydrogen-bond acceptors (Lipinski definition) is 7. The summed E-state index contributed by atoms with van der Waals surface area (Å²) in [4.78, 5) is 13.8. The van der Waals surface area contributed by atoms with Gasteiger partial charge in [0.1, 0.15) is 17.6 Å². The molecule has 2 aromatic carbocycles. The van der Waals surface area contributed by atoms with E-state index < -0.39 is 0 Å². The fourth-order valence-electron chi connectivity index (χ4n) is 4.48. The molecule has 0 spiro atoms. The summed E-state index contributed by atoms with van der Waals surface area (Å²) in [5, 5.41) is 13.2. The Kier molecular flexibility index (Phi) is 6.85. The van der Waals surface area contributed by atoms with Crippen molar-refractivity contribution in [3.63, 3.8) is 0 Å². The molecule has 1 saturated heterocycles. The molecule has 0 saturated carbocycles. The van der Waals surface area contributed by atoms with Crippen molar-refractivity contribution in [2.75, 3.05) is 44.6 Å². The largest absolute Gasteiger partial charge is 0.450 e. The number of likely N-dealkylation sites (N-methyl/N-ethyl adjacent to an activating group) is 1. The second-order valence-electron chi connectivity index (χ2n) is 8.74. The van der Waals surface area contributed by atoms with E-state index in [0.29, 0.717) is 11.4 Å². The maximum absolute atomic E-state index is 9.92. The van der Waals surface area contributed by atoms with Crippen LogP contribution in [0.5, 0.6) is 0 Å². The lowest BCUT2D eigenvalue weighted by molar-refractivity contribution is 0.132. The van der Waals surface area contributed by atoms with Crippen molar-refractivity contribution in [2.45, 2.75) is 19.5 Å². The highest BCUT2D eigenvalue weighted by Gasteiger charge is 2.18. The number of furan rings is 1. The molecule has 1 aliphatic rings. The summed E-state index contributed by atoms with van der Waals surface area (Å²) in [6, 6.07) is 20.0. The molecule has 1 aliphatic heterocycles. The Bertz CT molecular complexity index is 1200. The molecule has 2 aromatic heterocycles. The summed E-state index contributed by atoms with van der Waals surface area (Å²) < 4.78 is 6.20. The lowest BCUT2D eigenvalue weighted by Crippen LogP contribution is -2.45. The molecule has 0 bridgehead atoms. The van der Waals surface area contributed by atoms with Crippen molar-refractivity contribution < 1.29 is 9.52 Å². The molecule has 7 heteroatoms. The van der Waals surface area contributed by atoms with Crippen LogP contribution in [0.4, 0.5) is 5.82 Å². The second kappa shape index (κ2) is 10.3. The maximum atomic E-state index is 9.92. The third-order valence-electron chi connectivity index (χ3n) is 6.56. The van der Waals surface area contributed by atoms with Crippen LogP contribution in [0.1, 0.15) is 24.1 Å². The van der Waals surface area contributed by atoms with Gasteiger partial charge in [0.25, 0.3) is 0 Å². The van der Waals surface area contributed by atoms with Crippen LogP contribution in [-0.2, 0) is 6.54 Å². The van der Waals surface area contributed by atoms with E-state index >= 15 is 0 Å². The monoisotopic (exact) mass is 457 g/mol. The highest BCUT2D eigenvalue weighted by Crippen LogP contribution is 2.31. The predicted octanol–water partition coefficient (Wildman–Crippen LogP) is 4.17. The zero-order valence-electron chi connectivity index (χ0n) is 19.5. The molecule has 1 fully saturated rings. The Morgan fingerprint density at radius 2 is 1.71 bits per heavy atom. The first-order valence-electron chi connectivity index (χ1n) is 11.9. The molecule has 1 atom stereocenters. The van der Waals surface area contributed by atoms with Gasteiger partial charge in [0.2, 0.25) is 0 Å². The summed E-state index contributed by atoms with van der Waals surface area (Å²) in [6.07, 6.45) is 1.52. The van der Waals surface area contributed by atoms with Gasteiger partial charge in [-0.25, -0.2) is 9.97 Å². The fourth-order valence-corrected chi connectivity index (χ4v) is 4.48. The number of hydrogen-bond donors (Lipinski definition) is 2. The highest BCUT2D eigenvalue weighted by atomic mass is 16.3. The van der Waals surface area contributed by atoms with Gasteiger partial charge in [-0.2, -0.15) is 0 Å². The average Bonchev–Trinajstić information content (AvgIpc) is 3.34. The van der Waals surface area contributed by atoms with E-state index in [1.165, 1.54) is 11.9 Å². The average molecular weight is 458 g/mol. The predicted molar refractivity (Wildman–Crippen MR) is 135 cm³/mol. The molecule has 0 unspecified atom stereocenters. The molecule has 0 amide bonds. The molecular formula is C27H31N5O2. The first-order valence-corrected chi connectivity index (χ1v) is 11.9. The zero-order valence-corrected chi connectivity index (χ0v) is 19.5. The molecule has 0 radical (unpaired) electrons. The molecule has 5 rings (SSSR count). The SMILES string of the molecule is CCN1CCN(Cc2ccc(-c3cc4ncnc(N[C@H](CO)c5ccccc5)c4o3)cc2)CC1. The van der Waals surface area contributed by atoms with E-state index in [0.717, 1.165) is 61.7 Å². The van der Waals surface area contributed by atoms with Crippen LogP contribution < -0.4 is 5.32 Å². The number of nitrogens with zero attached hydrogens (tertiary/aromatic N) is 4. The van der Waals surface area contributed by atoms with E-state index in [9.17, 15) is 5.11 Å². The lowest BCUT2D eigenvalue weighted by atomic mass is 10.1. The van der Waals surface area contributed by atoms with Gasteiger partial charge in [0, 0.05) is 44.4 Å². The topological polar surface area (TPSA) is 77.7 Å². The molecule has 34 heavy (non-hydrogen) atoms. The Hall–Kier alpha value is -3.26. The van der Waals surface area contributed by atoms with Gasteiger partial charge in [-0.1, -0.05) is 61.5 Å². The van der Waals surface area contributed by atoms with Crippen molar-refractivity contribution in [3.05, 3.63) is 78.1 Å². The number of aliphatic hydroxyl groups excluding tert-OH is 1. The molecule has 7 nitrogen and oxygen atoms in total. The number of aromatic nitrogens is 2. The van der Waals surface area contributed by atoms with Crippen LogP contribution >= 0.6 is 0 Å². The van der Waals surface area contributed by atoms with Crippen molar-refractivity contribution in [1.82, 2.24) is 19.8 Å². The van der Waals surface area contributed by atoms with E-state index in [4.69, 9.17) is 4.42 Å². The Morgan fingerprint density at radius 3 is 2.41 bits per heavy atom. The standard InChI is InChI=1S/C27H31N5O2/c1-2-31-12-14-32(15-13-31)17-20-8-10-22(11-9-20)25-16-23-26(34-25)27(29-19-28-23)30-24(18-33)21-6-4-3-5-7-21/h3-11,16,19,24,33H,2,12-15,17-18H2,1H3,(H,28,29,30)/t24-/m1/s1. The summed E-state index contributed by atoms with van der Waals surface area (Å²) in [6.45, 7) is 8.80. The molecule has 2 N–H and O–H groups in total. The normalized spacial score (nSPS) is 16.1. The number of rotatable bonds is 8. The molecular weight excluding hydrogens is 426 g/mol. The number of nitrogens with one attached hydrogen (secondary N) is 1. The van der Waals surface area contributed by atoms with E-state index in [1.807, 2.05) is 36.4 Å². The molecule has 3 heterocycles. The Balaban J connectivity index is 1.32. The highest BCUT2D eigenvalue weighted by molar-refractivity contribution is 5.87. The maximum Gasteiger partial charge on any atom is 0.195 e. The molecule has 176 valence electrons. The lowest BCUT2D eigenvalue weighted by Gasteiger charge is -2.34. The first kappa shape index (κ1) is 22.5. The van der Waals surface area contributed by atoms with Gasteiger partial charge >= 0.3 is 0 Å². The van der Waals surface area contributed by atoms with Gasteiger partial charge in [0.15, 0.2) is 11.4 Å². The van der Waals surface area contributed by atoms with Crippen molar-refractivity contribution >= 4 is 16.9 Å². The van der Waals surface area contributed by atoms with Crippen LogP contribution in [0.2, 0.25) is 0 Å². The summed E-state index contributed by atoms with van der Waals surface area (Å²) in [5.41, 5.74) is 4.61. The van der Waals surface area contributed by atoms with Crippen LogP contribution in [-0.4, -0.2) is 64.2 Å². The van der Waals surface area contributed by atoms with E-state index in [1.54, 1.807) is 0 Å². The fraction of sp³-hybridized carbons (Fsp3) is 0.333. The third kappa shape index (κ3) is 4.97. The number of anilines is 1. The van der Waals surface area contributed by atoms with Crippen molar-refractivity contribution in [2.24, 2.45) is 0 Å². The van der Waals surface area contributed by atoms with E-state index in [-0.39, 0.29) is 12.6 Å². The number of benzene rings is 2. The molecule has 0 aliphatic carbocycles. The van der Waals surface area contributed by atoms with Crippen molar-refractivity contribution in [3.8, 4) is 11.3 Å². The van der Waals surface area contributed by atoms with E-state index in [2.05, 4.69) is 56.3 Å². The minimum atomic E-state index is -0.286. The van der Waals surface area contributed by atoms with Gasteiger partial charge in [-0.3, -0.25) is 4.90 Å². The van der Waals surface area contributed by atoms with Crippen LogP contribution in [0, 0.1) is 0 Å². The summed E-state index contributed by atoms with van der Waals surface area (Å²) >= 11 is 0. The Labute approximate surface area is 200 Å². The number of piperazine rings is 1. The number of fused-ring (bicyclic) bond motifs is 1.